The van der Waals surface area contributed by atoms with Crippen LogP contribution in [0.3, 0.4) is 0 Å². The fraction of sp³-hybridized carbons (Fsp3) is 0.100. The van der Waals surface area contributed by atoms with Crippen molar-refractivity contribution in [3.63, 3.8) is 0 Å². The van der Waals surface area contributed by atoms with Gasteiger partial charge in [-0.15, -0.1) is 0 Å². The van der Waals surface area contributed by atoms with Crippen molar-refractivity contribution in [3.05, 3.63) is 32.4 Å². The van der Waals surface area contributed by atoms with Gasteiger partial charge in [-0.05, 0) is 55.6 Å². The first-order valence-electron chi connectivity index (χ1n) is 4.76. The Kier molecular flexibility index (Phi) is 4.36. The Balaban J connectivity index is 2.37. The van der Waals surface area contributed by atoms with E-state index >= 15 is 0 Å². The third kappa shape index (κ3) is 3.09. The van der Waals surface area contributed by atoms with Gasteiger partial charge in [0.1, 0.15) is 0 Å². The van der Waals surface area contributed by atoms with Crippen LogP contribution in [0.4, 0.5) is 11.6 Å². The van der Waals surface area contributed by atoms with Gasteiger partial charge in [-0.2, -0.15) is 15.0 Å². The standard InChI is InChI=1S/C10H7Br2ClN4O/c1-18-10-16-8(13)15-9(17-10)14-7-5(11)3-2-4-6(7)12/h2-4H,1H3,(H,14,15,16,17). The maximum absolute atomic E-state index is 5.77. The van der Waals surface area contributed by atoms with E-state index in [-0.39, 0.29) is 11.3 Å². The molecule has 0 saturated heterocycles. The summed E-state index contributed by atoms with van der Waals surface area (Å²) < 4.78 is 6.66. The maximum atomic E-state index is 5.77. The normalized spacial score (nSPS) is 10.2. The molecule has 2 rings (SSSR count). The van der Waals surface area contributed by atoms with Crippen LogP contribution in [0.5, 0.6) is 6.01 Å². The molecule has 1 aromatic heterocycles. The number of rotatable bonds is 3. The van der Waals surface area contributed by atoms with Crippen molar-refractivity contribution in [2.75, 3.05) is 12.4 Å². The van der Waals surface area contributed by atoms with Gasteiger partial charge in [-0.1, -0.05) is 6.07 Å². The molecule has 0 fully saturated rings. The van der Waals surface area contributed by atoms with Crippen LogP contribution in [0.25, 0.3) is 0 Å². The number of halogens is 3. The summed E-state index contributed by atoms with van der Waals surface area (Å²) in [7, 11) is 1.46. The molecule has 0 bridgehead atoms. The van der Waals surface area contributed by atoms with E-state index < -0.39 is 0 Å². The predicted octanol–water partition coefficient (Wildman–Crippen LogP) is 3.80. The van der Waals surface area contributed by atoms with Crippen molar-refractivity contribution in [1.29, 1.82) is 0 Å². The van der Waals surface area contributed by atoms with Crippen LogP contribution in [0.2, 0.25) is 5.28 Å². The van der Waals surface area contributed by atoms with Gasteiger partial charge in [0, 0.05) is 8.95 Å². The summed E-state index contributed by atoms with van der Waals surface area (Å²) in [6.45, 7) is 0. The number of aromatic nitrogens is 3. The number of ether oxygens (including phenoxy) is 1. The average molecular weight is 394 g/mol. The number of methoxy groups -OCH3 is 1. The van der Waals surface area contributed by atoms with Crippen LogP contribution in [0, 0.1) is 0 Å². The molecule has 0 aliphatic heterocycles. The van der Waals surface area contributed by atoms with E-state index in [4.69, 9.17) is 16.3 Å². The molecule has 8 heteroatoms. The summed E-state index contributed by atoms with van der Waals surface area (Å²) in [5.74, 6) is 0.305. The summed E-state index contributed by atoms with van der Waals surface area (Å²) in [5, 5.41) is 3.10. The monoisotopic (exact) mass is 392 g/mol. The van der Waals surface area contributed by atoms with Crippen LogP contribution in [0.1, 0.15) is 0 Å². The molecule has 0 aliphatic rings. The Morgan fingerprint density at radius 3 is 2.44 bits per heavy atom. The number of hydrogen-bond donors (Lipinski definition) is 1. The lowest BCUT2D eigenvalue weighted by molar-refractivity contribution is 0.379. The van der Waals surface area contributed by atoms with E-state index in [1.807, 2.05) is 18.2 Å². The largest absolute Gasteiger partial charge is 0.467 e. The summed E-state index contributed by atoms with van der Waals surface area (Å²) in [4.78, 5) is 11.8. The Bertz CT molecular complexity index is 562. The smallest absolute Gasteiger partial charge is 0.322 e. The van der Waals surface area contributed by atoms with E-state index in [2.05, 4.69) is 52.1 Å². The molecule has 0 unspecified atom stereocenters. The Labute approximate surface area is 125 Å². The van der Waals surface area contributed by atoms with Crippen LogP contribution in [-0.2, 0) is 0 Å². The molecule has 0 radical (unpaired) electrons. The van der Waals surface area contributed by atoms with E-state index in [1.54, 1.807) is 0 Å². The number of benzene rings is 1. The fourth-order valence-corrected chi connectivity index (χ4v) is 2.56. The van der Waals surface area contributed by atoms with Crippen LogP contribution >= 0.6 is 43.5 Å². The third-order valence-corrected chi connectivity index (χ3v) is 3.46. The molecule has 0 saturated carbocycles. The minimum absolute atomic E-state index is 0.0625. The molecule has 0 atom stereocenters. The fourth-order valence-electron chi connectivity index (χ4n) is 1.21. The van der Waals surface area contributed by atoms with Crippen molar-refractivity contribution < 1.29 is 4.74 Å². The second-order valence-electron chi connectivity index (χ2n) is 3.14. The van der Waals surface area contributed by atoms with Gasteiger partial charge < -0.3 is 10.1 Å². The van der Waals surface area contributed by atoms with Gasteiger partial charge in [-0.3, -0.25) is 0 Å². The van der Waals surface area contributed by atoms with Gasteiger partial charge in [0.05, 0.1) is 12.8 Å². The summed E-state index contributed by atoms with van der Waals surface area (Å²) in [5.41, 5.74) is 0.793. The molecule has 18 heavy (non-hydrogen) atoms. The van der Waals surface area contributed by atoms with E-state index in [0.29, 0.717) is 5.95 Å². The van der Waals surface area contributed by atoms with Crippen molar-refractivity contribution in [2.45, 2.75) is 0 Å². The lowest BCUT2D eigenvalue weighted by Gasteiger charge is -2.09. The first-order valence-corrected chi connectivity index (χ1v) is 6.73. The second-order valence-corrected chi connectivity index (χ2v) is 5.18. The number of nitrogens with zero attached hydrogens (tertiary/aromatic N) is 3. The Morgan fingerprint density at radius 2 is 1.83 bits per heavy atom. The van der Waals surface area contributed by atoms with Gasteiger partial charge in [0.25, 0.3) is 0 Å². The molecule has 0 amide bonds. The second kappa shape index (κ2) is 5.81. The topological polar surface area (TPSA) is 59.9 Å². The van der Waals surface area contributed by atoms with Crippen molar-refractivity contribution >= 4 is 55.1 Å². The predicted molar refractivity (Wildman–Crippen MR) is 76.5 cm³/mol. The van der Waals surface area contributed by atoms with Crippen molar-refractivity contribution in [3.8, 4) is 6.01 Å². The minimum Gasteiger partial charge on any atom is -0.467 e. The SMILES string of the molecule is COc1nc(Cl)nc(Nc2c(Br)cccc2Br)n1. The molecule has 1 aromatic carbocycles. The molecule has 2 aromatic rings. The van der Waals surface area contributed by atoms with Crippen molar-refractivity contribution in [1.82, 2.24) is 15.0 Å². The molecule has 94 valence electrons. The molecule has 1 N–H and O–H groups in total. The van der Waals surface area contributed by atoms with Crippen LogP contribution in [-0.4, -0.2) is 22.1 Å². The summed E-state index contributed by atoms with van der Waals surface area (Å²) >= 11 is 12.6. The zero-order chi connectivity index (χ0) is 13.1. The van der Waals surface area contributed by atoms with Gasteiger partial charge in [0.2, 0.25) is 11.2 Å². The van der Waals surface area contributed by atoms with Crippen molar-refractivity contribution in [2.24, 2.45) is 0 Å². The van der Waals surface area contributed by atoms with E-state index in [0.717, 1.165) is 14.6 Å². The Morgan fingerprint density at radius 1 is 1.17 bits per heavy atom. The lowest BCUT2D eigenvalue weighted by Crippen LogP contribution is -2.02. The van der Waals surface area contributed by atoms with Crippen LogP contribution in [0.15, 0.2) is 27.1 Å². The number of para-hydroxylation sites is 1. The highest BCUT2D eigenvalue weighted by Crippen LogP contribution is 2.32. The molecule has 1 heterocycles. The first-order chi connectivity index (χ1) is 8.60. The zero-order valence-corrected chi connectivity index (χ0v) is 13.0. The average Bonchev–Trinajstić information content (AvgIpc) is 2.33. The van der Waals surface area contributed by atoms with E-state index in [9.17, 15) is 0 Å². The molecule has 0 aliphatic carbocycles. The van der Waals surface area contributed by atoms with Gasteiger partial charge in [0.15, 0.2) is 0 Å². The Hall–Kier alpha value is -0.920. The number of nitrogens with one attached hydrogen (secondary N) is 1. The number of anilines is 2. The summed E-state index contributed by atoms with van der Waals surface area (Å²) in [6.07, 6.45) is 0. The molecular weight excluding hydrogens is 387 g/mol. The molecule has 5 nitrogen and oxygen atoms in total. The highest BCUT2D eigenvalue weighted by Gasteiger charge is 2.09. The lowest BCUT2D eigenvalue weighted by atomic mass is 10.3. The first kappa shape index (κ1) is 13.5. The van der Waals surface area contributed by atoms with E-state index in [1.165, 1.54) is 7.11 Å². The quantitative estimate of drug-likeness (QED) is 0.858. The van der Waals surface area contributed by atoms with Gasteiger partial charge >= 0.3 is 6.01 Å². The van der Waals surface area contributed by atoms with Gasteiger partial charge in [-0.25, -0.2) is 0 Å². The summed E-state index contributed by atoms with van der Waals surface area (Å²) in [6, 6.07) is 5.85. The minimum atomic E-state index is 0.0625. The highest BCUT2D eigenvalue weighted by atomic mass is 79.9. The third-order valence-electron chi connectivity index (χ3n) is 1.97. The van der Waals surface area contributed by atoms with Crippen LogP contribution < -0.4 is 10.1 Å². The maximum Gasteiger partial charge on any atom is 0.322 e. The molecular formula is C10H7Br2ClN4O. The number of hydrogen-bond acceptors (Lipinski definition) is 5. The zero-order valence-electron chi connectivity index (χ0n) is 9.12. The molecule has 0 spiro atoms. The highest BCUT2D eigenvalue weighted by molar-refractivity contribution is 9.11.